The average Bonchev–Trinajstić information content (AvgIpc) is 2.98. The quantitative estimate of drug-likeness (QED) is 0.785. The number of likely N-dealkylation sites (N-methyl/N-ethyl adjacent to an activating group) is 1. The maximum absolute atomic E-state index is 3.36. The zero-order chi connectivity index (χ0) is 14.2. The summed E-state index contributed by atoms with van der Waals surface area (Å²) in [6.45, 7) is 10.2. The predicted octanol–water partition coefficient (Wildman–Crippen LogP) is 2.32. The second kappa shape index (κ2) is 8.40. The van der Waals surface area contributed by atoms with Crippen LogP contribution < -0.4 is 5.32 Å². The van der Waals surface area contributed by atoms with Gasteiger partial charge in [0.15, 0.2) is 0 Å². The van der Waals surface area contributed by atoms with Crippen molar-refractivity contribution in [1.82, 2.24) is 15.1 Å². The van der Waals surface area contributed by atoms with E-state index < -0.39 is 0 Å². The lowest BCUT2D eigenvalue weighted by Gasteiger charge is -2.21. The Bertz CT molecular complexity index is 368. The summed E-state index contributed by atoms with van der Waals surface area (Å²) in [6, 6.07) is 9.01. The SMILES string of the molecule is CCNCc1ccc(CN(C)CCN2CCCC2)cc1. The molecule has 0 saturated carbocycles. The van der Waals surface area contributed by atoms with E-state index in [-0.39, 0.29) is 0 Å². The minimum atomic E-state index is 0.974. The van der Waals surface area contributed by atoms with Crippen LogP contribution in [0.1, 0.15) is 30.9 Å². The Hall–Kier alpha value is -0.900. The van der Waals surface area contributed by atoms with Gasteiger partial charge in [0.1, 0.15) is 0 Å². The molecule has 2 rings (SSSR count). The van der Waals surface area contributed by atoms with E-state index in [0.717, 1.165) is 19.6 Å². The van der Waals surface area contributed by atoms with Gasteiger partial charge in [-0.05, 0) is 50.7 Å². The van der Waals surface area contributed by atoms with E-state index in [1.807, 2.05) is 0 Å². The minimum absolute atomic E-state index is 0.974. The highest BCUT2D eigenvalue weighted by atomic mass is 15.2. The molecule has 3 heteroatoms. The lowest BCUT2D eigenvalue weighted by atomic mass is 10.1. The van der Waals surface area contributed by atoms with Gasteiger partial charge in [0.25, 0.3) is 0 Å². The van der Waals surface area contributed by atoms with E-state index in [1.165, 1.54) is 50.1 Å². The Morgan fingerprint density at radius 3 is 2.40 bits per heavy atom. The van der Waals surface area contributed by atoms with E-state index in [0.29, 0.717) is 0 Å². The molecular formula is C17H29N3. The number of rotatable bonds is 8. The average molecular weight is 275 g/mol. The highest BCUT2D eigenvalue weighted by Gasteiger charge is 2.11. The van der Waals surface area contributed by atoms with Gasteiger partial charge in [0.05, 0.1) is 0 Å². The summed E-state index contributed by atoms with van der Waals surface area (Å²) in [5, 5.41) is 3.36. The lowest BCUT2D eigenvalue weighted by molar-refractivity contribution is 0.252. The van der Waals surface area contributed by atoms with Gasteiger partial charge in [-0.3, -0.25) is 0 Å². The first kappa shape index (κ1) is 15.5. The second-order valence-corrected chi connectivity index (χ2v) is 5.88. The van der Waals surface area contributed by atoms with E-state index in [9.17, 15) is 0 Å². The fourth-order valence-electron chi connectivity index (χ4n) is 2.74. The number of nitrogens with zero attached hydrogens (tertiary/aromatic N) is 2. The zero-order valence-electron chi connectivity index (χ0n) is 13.1. The Morgan fingerprint density at radius 2 is 1.75 bits per heavy atom. The third-order valence-corrected chi connectivity index (χ3v) is 4.05. The number of likely N-dealkylation sites (tertiary alicyclic amines) is 1. The molecule has 0 bridgehead atoms. The summed E-state index contributed by atoms with van der Waals surface area (Å²) in [7, 11) is 2.22. The van der Waals surface area contributed by atoms with Crippen LogP contribution >= 0.6 is 0 Å². The van der Waals surface area contributed by atoms with Crippen molar-refractivity contribution in [3.63, 3.8) is 0 Å². The fourth-order valence-corrected chi connectivity index (χ4v) is 2.74. The predicted molar refractivity (Wildman–Crippen MR) is 85.8 cm³/mol. The Labute approximate surface area is 124 Å². The van der Waals surface area contributed by atoms with Crippen molar-refractivity contribution in [2.75, 3.05) is 39.8 Å². The molecule has 1 fully saturated rings. The molecule has 1 saturated heterocycles. The first-order valence-electron chi connectivity index (χ1n) is 7.97. The number of hydrogen-bond acceptors (Lipinski definition) is 3. The van der Waals surface area contributed by atoms with Crippen molar-refractivity contribution in [2.45, 2.75) is 32.9 Å². The molecule has 0 atom stereocenters. The van der Waals surface area contributed by atoms with Crippen molar-refractivity contribution in [2.24, 2.45) is 0 Å². The number of nitrogens with one attached hydrogen (secondary N) is 1. The Morgan fingerprint density at radius 1 is 1.10 bits per heavy atom. The zero-order valence-corrected chi connectivity index (χ0v) is 13.1. The Kier molecular flexibility index (Phi) is 6.51. The third kappa shape index (κ3) is 5.23. The van der Waals surface area contributed by atoms with Crippen molar-refractivity contribution < 1.29 is 0 Å². The molecule has 3 nitrogen and oxygen atoms in total. The smallest absolute Gasteiger partial charge is 0.0231 e. The van der Waals surface area contributed by atoms with Gasteiger partial charge in [-0.1, -0.05) is 31.2 Å². The molecule has 0 aliphatic carbocycles. The lowest BCUT2D eigenvalue weighted by Crippen LogP contribution is -2.31. The molecule has 20 heavy (non-hydrogen) atoms. The van der Waals surface area contributed by atoms with Gasteiger partial charge in [0, 0.05) is 26.2 Å². The van der Waals surface area contributed by atoms with E-state index in [1.54, 1.807) is 0 Å². The summed E-state index contributed by atoms with van der Waals surface area (Å²) < 4.78 is 0. The number of benzene rings is 1. The molecule has 0 unspecified atom stereocenters. The van der Waals surface area contributed by atoms with Crippen LogP contribution in [0.5, 0.6) is 0 Å². The summed E-state index contributed by atoms with van der Waals surface area (Å²) >= 11 is 0. The summed E-state index contributed by atoms with van der Waals surface area (Å²) in [6.07, 6.45) is 2.77. The van der Waals surface area contributed by atoms with Gasteiger partial charge >= 0.3 is 0 Å². The molecular weight excluding hydrogens is 246 g/mol. The fraction of sp³-hybridized carbons (Fsp3) is 0.647. The van der Waals surface area contributed by atoms with Crippen molar-refractivity contribution >= 4 is 0 Å². The van der Waals surface area contributed by atoms with Crippen LogP contribution in [0, 0.1) is 0 Å². The maximum Gasteiger partial charge on any atom is 0.0231 e. The van der Waals surface area contributed by atoms with Crippen molar-refractivity contribution in [1.29, 1.82) is 0 Å². The molecule has 0 spiro atoms. The molecule has 1 aromatic rings. The number of hydrogen-bond donors (Lipinski definition) is 1. The highest BCUT2D eigenvalue weighted by molar-refractivity contribution is 5.22. The normalized spacial score (nSPS) is 16.1. The minimum Gasteiger partial charge on any atom is -0.313 e. The maximum atomic E-state index is 3.36. The van der Waals surface area contributed by atoms with Gasteiger partial charge in [-0.2, -0.15) is 0 Å². The van der Waals surface area contributed by atoms with Crippen LogP contribution in [-0.4, -0.2) is 49.6 Å². The molecule has 1 aliphatic heterocycles. The standard InChI is InChI=1S/C17H29N3/c1-3-18-14-16-6-8-17(9-7-16)15-19(2)12-13-20-10-4-5-11-20/h6-9,18H,3-5,10-15H2,1-2H3. The van der Waals surface area contributed by atoms with Crippen LogP contribution in [0.15, 0.2) is 24.3 Å². The van der Waals surface area contributed by atoms with Gasteiger partial charge in [-0.15, -0.1) is 0 Å². The third-order valence-electron chi connectivity index (χ3n) is 4.05. The van der Waals surface area contributed by atoms with Crippen LogP contribution in [0.4, 0.5) is 0 Å². The first-order chi connectivity index (χ1) is 9.78. The highest BCUT2D eigenvalue weighted by Crippen LogP contribution is 2.09. The summed E-state index contributed by atoms with van der Waals surface area (Å²) in [5.74, 6) is 0. The van der Waals surface area contributed by atoms with Crippen LogP contribution in [-0.2, 0) is 13.1 Å². The Balaban J connectivity index is 1.71. The largest absolute Gasteiger partial charge is 0.313 e. The van der Waals surface area contributed by atoms with Crippen LogP contribution in [0.3, 0.4) is 0 Å². The molecule has 0 amide bonds. The summed E-state index contributed by atoms with van der Waals surface area (Å²) in [4.78, 5) is 5.01. The molecule has 1 aromatic carbocycles. The van der Waals surface area contributed by atoms with Crippen molar-refractivity contribution in [3.8, 4) is 0 Å². The molecule has 0 radical (unpaired) electrons. The van der Waals surface area contributed by atoms with Crippen LogP contribution in [0.25, 0.3) is 0 Å². The van der Waals surface area contributed by atoms with Gasteiger partial charge in [-0.25, -0.2) is 0 Å². The van der Waals surface area contributed by atoms with Gasteiger partial charge < -0.3 is 15.1 Å². The van der Waals surface area contributed by atoms with E-state index in [2.05, 4.69) is 53.4 Å². The second-order valence-electron chi connectivity index (χ2n) is 5.88. The van der Waals surface area contributed by atoms with Crippen LogP contribution in [0.2, 0.25) is 0 Å². The molecule has 112 valence electrons. The van der Waals surface area contributed by atoms with Crippen molar-refractivity contribution in [3.05, 3.63) is 35.4 Å². The molecule has 1 aliphatic rings. The van der Waals surface area contributed by atoms with Gasteiger partial charge in [0.2, 0.25) is 0 Å². The van der Waals surface area contributed by atoms with E-state index >= 15 is 0 Å². The first-order valence-corrected chi connectivity index (χ1v) is 7.97. The topological polar surface area (TPSA) is 18.5 Å². The molecule has 1 heterocycles. The molecule has 1 N–H and O–H groups in total. The van der Waals surface area contributed by atoms with E-state index in [4.69, 9.17) is 0 Å². The summed E-state index contributed by atoms with van der Waals surface area (Å²) in [5.41, 5.74) is 2.78. The monoisotopic (exact) mass is 275 g/mol. The molecule has 0 aromatic heterocycles.